The normalized spacial score (nSPS) is 18.3. The molecule has 1 aliphatic carbocycles. The lowest BCUT2D eigenvalue weighted by Crippen LogP contribution is -2.43. The molecule has 1 N–H and O–H groups in total. The van der Waals surface area contributed by atoms with Gasteiger partial charge in [-0.15, -0.1) is 0 Å². The van der Waals surface area contributed by atoms with E-state index in [-0.39, 0.29) is 29.6 Å². The Hall–Kier alpha value is -2.61. The molecule has 4 rings (SSSR count). The highest BCUT2D eigenvalue weighted by Crippen LogP contribution is 2.27. The zero-order valence-corrected chi connectivity index (χ0v) is 18.4. The number of ether oxygens (including phenoxy) is 1. The molecule has 8 heteroatoms. The van der Waals surface area contributed by atoms with E-state index in [9.17, 15) is 14.4 Å². The number of fused-ring (bicyclic) bond motifs is 1. The first-order chi connectivity index (χ1) is 15.0. The van der Waals surface area contributed by atoms with E-state index in [0.29, 0.717) is 24.7 Å². The van der Waals surface area contributed by atoms with Gasteiger partial charge in [-0.25, -0.2) is 14.2 Å². The molecule has 2 fully saturated rings. The Bertz CT molecular complexity index is 997. The van der Waals surface area contributed by atoms with Crippen LogP contribution >= 0.6 is 0 Å². The second kappa shape index (κ2) is 9.26. The van der Waals surface area contributed by atoms with Gasteiger partial charge in [0.05, 0.1) is 17.0 Å². The lowest BCUT2D eigenvalue weighted by molar-refractivity contribution is -0.157. The van der Waals surface area contributed by atoms with Crippen LogP contribution in [0.15, 0.2) is 29.1 Å². The van der Waals surface area contributed by atoms with Gasteiger partial charge in [-0.2, -0.15) is 0 Å². The number of amides is 1. The summed E-state index contributed by atoms with van der Waals surface area (Å²) in [5, 5.41) is 2.96. The number of rotatable bonds is 6. The highest BCUT2D eigenvalue weighted by Gasteiger charge is 2.28. The van der Waals surface area contributed by atoms with Crippen LogP contribution in [0.25, 0.3) is 11.0 Å². The molecular weight excluding hydrogens is 396 g/mol. The molecule has 0 radical (unpaired) electrons. The largest absolute Gasteiger partial charge is 0.449 e. The number of carbonyl (C=O) groups excluding carboxylic acids is 2. The van der Waals surface area contributed by atoms with E-state index in [1.807, 2.05) is 32.0 Å². The average Bonchev–Trinajstić information content (AvgIpc) is 3.02. The predicted molar refractivity (Wildman–Crippen MR) is 118 cm³/mol. The molecule has 1 aromatic heterocycles. The van der Waals surface area contributed by atoms with Gasteiger partial charge in [0, 0.05) is 25.7 Å². The Balaban J connectivity index is 1.30. The lowest BCUT2D eigenvalue weighted by atomic mass is 9.86. The van der Waals surface area contributed by atoms with E-state index >= 15 is 0 Å². The second-order valence-corrected chi connectivity index (χ2v) is 9.04. The van der Waals surface area contributed by atoms with Crippen LogP contribution in [0.1, 0.15) is 52.0 Å². The number of aromatic nitrogens is 2. The fraction of sp³-hybridized carbons (Fsp3) is 0.609. The molecule has 1 saturated heterocycles. The summed E-state index contributed by atoms with van der Waals surface area (Å²) in [6.07, 6.45) is 4.88. The smallest absolute Gasteiger partial charge is 0.337 e. The van der Waals surface area contributed by atoms with Crippen molar-refractivity contribution in [3.05, 3.63) is 34.7 Å². The van der Waals surface area contributed by atoms with Gasteiger partial charge in [0.15, 0.2) is 0 Å². The zero-order chi connectivity index (χ0) is 22.0. The number of para-hydroxylation sites is 2. The van der Waals surface area contributed by atoms with Crippen molar-refractivity contribution in [2.45, 2.75) is 52.0 Å². The Morgan fingerprint density at radius 1 is 1.10 bits per heavy atom. The maximum absolute atomic E-state index is 12.9. The number of hydrogen-bond donors (Lipinski definition) is 1. The van der Waals surface area contributed by atoms with Crippen molar-refractivity contribution < 1.29 is 14.3 Å². The Kier molecular flexibility index (Phi) is 6.46. The number of hydrogen-bond acceptors (Lipinski definition) is 5. The zero-order valence-electron chi connectivity index (χ0n) is 18.4. The number of nitrogens with one attached hydrogen (secondary N) is 1. The Morgan fingerprint density at radius 3 is 2.39 bits per heavy atom. The van der Waals surface area contributed by atoms with E-state index in [2.05, 4.69) is 10.2 Å². The molecule has 0 bridgehead atoms. The quantitative estimate of drug-likeness (QED) is 0.715. The summed E-state index contributed by atoms with van der Waals surface area (Å²) in [6.45, 7) is 6.44. The van der Waals surface area contributed by atoms with Gasteiger partial charge < -0.3 is 10.1 Å². The number of imidazole rings is 1. The van der Waals surface area contributed by atoms with E-state index in [4.69, 9.17) is 4.74 Å². The summed E-state index contributed by atoms with van der Waals surface area (Å²) in [5.41, 5.74) is 1.08. The predicted octanol–water partition coefficient (Wildman–Crippen LogP) is 2.95. The van der Waals surface area contributed by atoms with Crippen LogP contribution in [-0.4, -0.2) is 52.4 Å². The third-order valence-corrected chi connectivity index (χ3v) is 6.58. The molecule has 0 spiro atoms. The molecule has 168 valence electrons. The molecule has 0 unspecified atom stereocenters. The van der Waals surface area contributed by atoms with Crippen LogP contribution < -0.4 is 11.0 Å². The van der Waals surface area contributed by atoms with Gasteiger partial charge in [0.1, 0.15) is 6.73 Å². The van der Waals surface area contributed by atoms with Crippen LogP contribution in [0.2, 0.25) is 0 Å². The fourth-order valence-electron chi connectivity index (χ4n) is 4.41. The van der Waals surface area contributed by atoms with Crippen molar-refractivity contribution in [3.8, 4) is 0 Å². The van der Waals surface area contributed by atoms with Gasteiger partial charge in [-0.05, 0) is 57.6 Å². The van der Waals surface area contributed by atoms with Crippen molar-refractivity contribution in [2.24, 2.45) is 11.8 Å². The molecule has 2 aromatic rings. The average molecular weight is 429 g/mol. The van der Waals surface area contributed by atoms with Gasteiger partial charge in [0.25, 0.3) is 0 Å². The minimum Gasteiger partial charge on any atom is -0.449 e. The fourth-order valence-corrected chi connectivity index (χ4v) is 4.41. The maximum Gasteiger partial charge on any atom is 0.337 e. The SMILES string of the molecule is CC(C)n1c(=O)n(C(=O)NCC2CCN(COC(=O)C3CCC3)CC2)c2ccccc21. The number of likely N-dealkylation sites (tertiary alicyclic amines) is 1. The van der Waals surface area contributed by atoms with E-state index < -0.39 is 0 Å². The number of benzene rings is 1. The van der Waals surface area contributed by atoms with Crippen LogP contribution in [0.5, 0.6) is 0 Å². The third kappa shape index (κ3) is 4.54. The standard InChI is InChI=1S/C23H32N4O4/c1-16(2)26-19-8-3-4-9-20(19)27(23(26)30)22(29)24-14-17-10-12-25(13-11-17)15-31-21(28)18-6-5-7-18/h3-4,8-9,16-18H,5-7,10-15H2,1-2H3,(H,24,29). The maximum atomic E-state index is 12.9. The van der Waals surface area contributed by atoms with Gasteiger partial charge in [-0.1, -0.05) is 18.6 Å². The summed E-state index contributed by atoms with van der Waals surface area (Å²) in [4.78, 5) is 39.8. The van der Waals surface area contributed by atoms with Crippen LogP contribution in [0.3, 0.4) is 0 Å². The minimum absolute atomic E-state index is 0.0332. The Morgan fingerprint density at radius 2 is 1.77 bits per heavy atom. The molecule has 2 aliphatic rings. The molecule has 1 saturated carbocycles. The first-order valence-corrected chi connectivity index (χ1v) is 11.3. The van der Waals surface area contributed by atoms with Crippen molar-refractivity contribution in [2.75, 3.05) is 26.4 Å². The molecular formula is C23H32N4O4. The van der Waals surface area contributed by atoms with Gasteiger partial charge >= 0.3 is 17.7 Å². The van der Waals surface area contributed by atoms with Crippen molar-refractivity contribution >= 4 is 23.0 Å². The van der Waals surface area contributed by atoms with Crippen LogP contribution in [0.4, 0.5) is 4.79 Å². The molecule has 1 amide bonds. The number of nitrogens with zero attached hydrogens (tertiary/aromatic N) is 3. The van der Waals surface area contributed by atoms with Crippen LogP contribution in [-0.2, 0) is 9.53 Å². The first kappa shape index (κ1) is 21.6. The molecule has 0 atom stereocenters. The minimum atomic E-state index is -0.377. The summed E-state index contributed by atoms with van der Waals surface area (Å²) in [5.74, 6) is 0.390. The molecule has 1 aliphatic heterocycles. The van der Waals surface area contributed by atoms with Crippen molar-refractivity contribution in [1.29, 1.82) is 0 Å². The monoisotopic (exact) mass is 428 g/mol. The number of piperidine rings is 1. The van der Waals surface area contributed by atoms with Gasteiger partial charge in [0.2, 0.25) is 0 Å². The van der Waals surface area contributed by atoms with E-state index in [1.54, 1.807) is 10.6 Å². The topological polar surface area (TPSA) is 85.6 Å². The summed E-state index contributed by atoms with van der Waals surface area (Å²) in [6, 6.07) is 6.97. The molecule has 2 heterocycles. The first-order valence-electron chi connectivity index (χ1n) is 11.3. The van der Waals surface area contributed by atoms with Crippen molar-refractivity contribution in [3.63, 3.8) is 0 Å². The molecule has 1 aromatic carbocycles. The van der Waals surface area contributed by atoms with E-state index in [1.165, 1.54) is 4.57 Å². The molecule has 8 nitrogen and oxygen atoms in total. The lowest BCUT2D eigenvalue weighted by Gasteiger charge is -2.32. The second-order valence-electron chi connectivity index (χ2n) is 9.04. The Labute approximate surface area is 182 Å². The highest BCUT2D eigenvalue weighted by atomic mass is 16.5. The van der Waals surface area contributed by atoms with E-state index in [0.717, 1.165) is 50.7 Å². The van der Waals surface area contributed by atoms with Crippen LogP contribution in [0, 0.1) is 11.8 Å². The van der Waals surface area contributed by atoms with Crippen molar-refractivity contribution in [1.82, 2.24) is 19.4 Å². The summed E-state index contributed by atoms with van der Waals surface area (Å²) < 4.78 is 8.32. The summed E-state index contributed by atoms with van der Waals surface area (Å²) in [7, 11) is 0. The third-order valence-electron chi connectivity index (χ3n) is 6.58. The number of carbonyl (C=O) groups is 2. The highest BCUT2D eigenvalue weighted by molar-refractivity contribution is 5.89. The molecule has 31 heavy (non-hydrogen) atoms. The summed E-state index contributed by atoms with van der Waals surface area (Å²) >= 11 is 0. The van der Waals surface area contributed by atoms with Gasteiger partial charge in [-0.3, -0.25) is 14.3 Å². The number of esters is 1.